The third-order valence-electron chi connectivity index (χ3n) is 5.26. The quantitative estimate of drug-likeness (QED) is 0.707. The molecule has 0 aliphatic heterocycles. The number of aromatic nitrogens is 4. The molecule has 28 heavy (non-hydrogen) atoms. The molecule has 0 radical (unpaired) electrons. The minimum atomic E-state index is -0.163. The van der Waals surface area contributed by atoms with Gasteiger partial charge >= 0.3 is 0 Å². The van der Waals surface area contributed by atoms with Gasteiger partial charge in [0.05, 0.1) is 0 Å². The molecular formula is C22H25N5O. The predicted octanol–water partition coefficient (Wildman–Crippen LogP) is 3.99. The van der Waals surface area contributed by atoms with Gasteiger partial charge in [-0.25, -0.2) is 4.98 Å². The van der Waals surface area contributed by atoms with E-state index < -0.39 is 0 Å². The van der Waals surface area contributed by atoms with Gasteiger partial charge in [-0.05, 0) is 67.0 Å². The van der Waals surface area contributed by atoms with Crippen molar-refractivity contribution in [3.8, 4) is 0 Å². The van der Waals surface area contributed by atoms with Gasteiger partial charge in [0.25, 0.3) is 5.91 Å². The van der Waals surface area contributed by atoms with Crippen LogP contribution in [0.3, 0.4) is 0 Å². The molecular weight excluding hydrogens is 350 g/mol. The van der Waals surface area contributed by atoms with Crippen molar-refractivity contribution in [2.75, 3.05) is 5.32 Å². The number of hydrogen-bond donors (Lipinski definition) is 1. The molecule has 0 spiro atoms. The van der Waals surface area contributed by atoms with Crippen LogP contribution in [0.4, 0.5) is 5.69 Å². The van der Waals surface area contributed by atoms with Gasteiger partial charge in [0.1, 0.15) is 17.8 Å². The Balaban J connectivity index is 1.48. The number of aryl methyl sites for hydroxylation is 2. The van der Waals surface area contributed by atoms with Crippen molar-refractivity contribution in [3.05, 3.63) is 71.1 Å². The normalized spacial score (nSPS) is 14.7. The summed E-state index contributed by atoms with van der Waals surface area (Å²) in [4.78, 5) is 17.2. The third kappa shape index (κ3) is 4.11. The highest BCUT2D eigenvalue weighted by molar-refractivity contribution is 6.03. The number of hydrogen-bond acceptors (Lipinski definition) is 4. The first-order chi connectivity index (χ1) is 13.5. The topological polar surface area (TPSA) is 72.7 Å². The average molecular weight is 375 g/mol. The minimum absolute atomic E-state index is 0.163. The molecule has 0 saturated heterocycles. The Morgan fingerprint density at radius 1 is 1.29 bits per heavy atom. The molecule has 1 aromatic carbocycles. The number of pyridine rings is 1. The number of benzene rings is 1. The van der Waals surface area contributed by atoms with Crippen LogP contribution < -0.4 is 5.32 Å². The van der Waals surface area contributed by atoms with Gasteiger partial charge in [-0.15, -0.1) is 10.2 Å². The second kappa shape index (κ2) is 7.54. The van der Waals surface area contributed by atoms with E-state index in [2.05, 4.69) is 39.6 Å². The number of amides is 1. The third-order valence-corrected chi connectivity index (χ3v) is 5.26. The van der Waals surface area contributed by atoms with Crippen molar-refractivity contribution in [1.82, 2.24) is 19.7 Å². The second-order valence-corrected chi connectivity index (χ2v) is 7.74. The summed E-state index contributed by atoms with van der Waals surface area (Å²) >= 11 is 0. The Kier molecular flexibility index (Phi) is 4.94. The molecule has 4 rings (SSSR count). The molecule has 6 nitrogen and oxygen atoms in total. The molecule has 1 fully saturated rings. The van der Waals surface area contributed by atoms with Crippen LogP contribution in [0.15, 0.2) is 42.7 Å². The molecule has 1 aliphatic carbocycles. The van der Waals surface area contributed by atoms with Gasteiger partial charge in [0.2, 0.25) is 0 Å². The van der Waals surface area contributed by atoms with Gasteiger partial charge in [-0.3, -0.25) is 4.79 Å². The maximum absolute atomic E-state index is 12.7. The predicted molar refractivity (Wildman–Crippen MR) is 108 cm³/mol. The lowest BCUT2D eigenvalue weighted by atomic mass is 9.97. The van der Waals surface area contributed by atoms with Crippen LogP contribution >= 0.6 is 0 Å². The van der Waals surface area contributed by atoms with E-state index >= 15 is 0 Å². The number of nitrogens with one attached hydrogen (secondary N) is 1. The van der Waals surface area contributed by atoms with Crippen molar-refractivity contribution in [2.24, 2.45) is 7.05 Å². The summed E-state index contributed by atoms with van der Waals surface area (Å²) in [6.07, 6.45) is 4.91. The highest BCUT2D eigenvalue weighted by Gasteiger charge is 2.25. The van der Waals surface area contributed by atoms with Crippen LogP contribution in [0.1, 0.15) is 64.7 Å². The SMILES string of the molecule is Cc1cc(C2CC2)cc(C(=O)Nc2cccc([C@H](C)Cc3nncn3C)c2)n1. The Bertz CT molecular complexity index is 1010. The zero-order valence-corrected chi connectivity index (χ0v) is 16.5. The van der Waals surface area contributed by atoms with E-state index in [0.29, 0.717) is 11.6 Å². The standard InChI is InChI=1S/C22H25N5O/c1-14(9-21-26-23-13-27(21)3)17-5-4-6-19(11-17)25-22(28)20-12-18(16-7-8-16)10-15(2)24-20/h4-6,10-14,16H,7-9H2,1-3H3,(H,25,28)/t14-/m1/s1. The molecule has 1 N–H and O–H groups in total. The first-order valence-corrected chi connectivity index (χ1v) is 9.72. The summed E-state index contributed by atoms with van der Waals surface area (Å²) in [6, 6.07) is 12.0. The monoisotopic (exact) mass is 375 g/mol. The highest BCUT2D eigenvalue weighted by Crippen LogP contribution is 2.40. The average Bonchev–Trinajstić information content (AvgIpc) is 3.45. The maximum Gasteiger partial charge on any atom is 0.274 e. The summed E-state index contributed by atoms with van der Waals surface area (Å²) < 4.78 is 1.93. The van der Waals surface area contributed by atoms with Gasteiger partial charge in [0, 0.05) is 24.8 Å². The number of nitrogens with zero attached hydrogens (tertiary/aromatic N) is 4. The van der Waals surface area contributed by atoms with E-state index in [1.807, 2.05) is 42.8 Å². The fourth-order valence-electron chi connectivity index (χ4n) is 3.47. The molecule has 2 heterocycles. The molecule has 2 aromatic heterocycles. The minimum Gasteiger partial charge on any atom is -0.321 e. The van der Waals surface area contributed by atoms with Crippen LogP contribution in [0, 0.1) is 6.92 Å². The lowest BCUT2D eigenvalue weighted by Gasteiger charge is -2.13. The van der Waals surface area contributed by atoms with Crippen LogP contribution in [-0.4, -0.2) is 25.7 Å². The van der Waals surface area contributed by atoms with Crippen molar-refractivity contribution < 1.29 is 4.79 Å². The fraction of sp³-hybridized carbons (Fsp3) is 0.364. The van der Waals surface area contributed by atoms with Crippen molar-refractivity contribution >= 4 is 11.6 Å². The molecule has 0 unspecified atom stereocenters. The van der Waals surface area contributed by atoms with E-state index in [-0.39, 0.29) is 11.8 Å². The van der Waals surface area contributed by atoms with Crippen LogP contribution in [0.5, 0.6) is 0 Å². The Labute approximate surface area is 165 Å². The van der Waals surface area contributed by atoms with Gasteiger partial charge in [-0.2, -0.15) is 0 Å². The van der Waals surface area contributed by atoms with E-state index in [0.717, 1.165) is 29.2 Å². The first-order valence-electron chi connectivity index (χ1n) is 9.72. The van der Waals surface area contributed by atoms with Gasteiger partial charge in [0.15, 0.2) is 0 Å². The summed E-state index contributed by atoms with van der Waals surface area (Å²) in [5, 5.41) is 11.1. The van der Waals surface area contributed by atoms with Crippen LogP contribution in [-0.2, 0) is 13.5 Å². The van der Waals surface area contributed by atoms with E-state index in [1.54, 1.807) is 6.33 Å². The number of carbonyl (C=O) groups excluding carboxylic acids is 1. The summed E-state index contributed by atoms with van der Waals surface area (Å²) in [5.74, 6) is 1.64. The molecule has 1 saturated carbocycles. The van der Waals surface area contributed by atoms with E-state index in [9.17, 15) is 4.79 Å². The molecule has 1 amide bonds. The molecule has 144 valence electrons. The number of carbonyl (C=O) groups is 1. The highest BCUT2D eigenvalue weighted by atomic mass is 16.1. The van der Waals surface area contributed by atoms with Crippen LogP contribution in [0.2, 0.25) is 0 Å². The summed E-state index contributed by atoms with van der Waals surface area (Å²) in [7, 11) is 1.95. The van der Waals surface area contributed by atoms with Gasteiger partial charge < -0.3 is 9.88 Å². The van der Waals surface area contributed by atoms with E-state index in [4.69, 9.17) is 0 Å². The van der Waals surface area contributed by atoms with Crippen molar-refractivity contribution in [2.45, 2.75) is 44.9 Å². The zero-order chi connectivity index (χ0) is 19.7. The first kappa shape index (κ1) is 18.3. The lowest BCUT2D eigenvalue weighted by molar-refractivity contribution is 0.102. The van der Waals surface area contributed by atoms with Crippen molar-refractivity contribution in [3.63, 3.8) is 0 Å². The van der Waals surface area contributed by atoms with Crippen molar-refractivity contribution in [1.29, 1.82) is 0 Å². The summed E-state index contributed by atoms with van der Waals surface area (Å²) in [6.45, 7) is 4.09. The Morgan fingerprint density at radius 3 is 2.82 bits per heavy atom. The number of anilines is 1. The smallest absolute Gasteiger partial charge is 0.274 e. The molecule has 1 aliphatic rings. The molecule has 6 heteroatoms. The second-order valence-electron chi connectivity index (χ2n) is 7.74. The number of rotatable bonds is 6. The molecule has 0 bridgehead atoms. The zero-order valence-electron chi connectivity index (χ0n) is 16.5. The Morgan fingerprint density at radius 2 is 2.11 bits per heavy atom. The lowest BCUT2D eigenvalue weighted by Crippen LogP contribution is -2.15. The summed E-state index contributed by atoms with van der Waals surface area (Å²) in [5.41, 5.74) is 4.53. The van der Waals surface area contributed by atoms with Crippen LogP contribution in [0.25, 0.3) is 0 Å². The van der Waals surface area contributed by atoms with E-state index in [1.165, 1.54) is 18.4 Å². The van der Waals surface area contributed by atoms with Gasteiger partial charge in [-0.1, -0.05) is 19.1 Å². The fourth-order valence-corrected chi connectivity index (χ4v) is 3.47. The molecule has 3 aromatic rings. The molecule has 1 atom stereocenters. The maximum atomic E-state index is 12.7. The Hall–Kier alpha value is -3.02. The largest absolute Gasteiger partial charge is 0.321 e.